The van der Waals surface area contributed by atoms with Gasteiger partial charge in [-0.25, -0.2) is 0 Å². The van der Waals surface area contributed by atoms with Gasteiger partial charge in [-0.2, -0.15) is 0 Å². The van der Waals surface area contributed by atoms with Crippen molar-refractivity contribution in [3.8, 4) is 5.75 Å². The Morgan fingerprint density at radius 2 is 1.96 bits per heavy atom. The van der Waals surface area contributed by atoms with Gasteiger partial charge in [-0.15, -0.1) is 0 Å². The van der Waals surface area contributed by atoms with Crippen molar-refractivity contribution >= 4 is 16.9 Å². The molecular weight excluding hydrogens is 316 g/mol. The third kappa shape index (κ3) is 3.65. The first-order chi connectivity index (χ1) is 12.0. The summed E-state index contributed by atoms with van der Waals surface area (Å²) in [4.78, 5) is 12.4. The molecule has 1 unspecified atom stereocenters. The van der Waals surface area contributed by atoms with Crippen molar-refractivity contribution in [1.82, 2.24) is 10.5 Å². The number of fused-ring (bicyclic) bond motifs is 1. The molecule has 0 radical (unpaired) electrons. The topological polar surface area (TPSA) is 64.4 Å². The SMILES string of the molecule is COc1ccc(C(C)NC(=O)Cc2noc3c(C)cc(C)cc23)cc1. The predicted molar refractivity (Wildman–Crippen MR) is 96.7 cm³/mol. The standard InChI is InChI=1S/C20H22N2O3/c1-12-9-13(2)20-17(10-12)18(22-25-20)11-19(23)21-14(3)15-5-7-16(24-4)8-6-15/h5-10,14H,11H2,1-4H3,(H,21,23). The second kappa shape index (κ2) is 6.97. The Morgan fingerprint density at radius 1 is 1.24 bits per heavy atom. The maximum Gasteiger partial charge on any atom is 0.226 e. The van der Waals surface area contributed by atoms with Crippen LogP contribution >= 0.6 is 0 Å². The average Bonchev–Trinajstić information content (AvgIpc) is 2.97. The van der Waals surface area contributed by atoms with E-state index in [1.54, 1.807) is 7.11 Å². The number of nitrogens with one attached hydrogen (secondary N) is 1. The normalized spacial score (nSPS) is 12.2. The Balaban J connectivity index is 1.72. The predicted octanol–water partition coefficient (Wildman–Crippen LogP) is 3.87. The van der Waals surface area contributed by atoms with E-state index in [0.717, 1.165) is 33.4 Å². The summed E-state index contributed by atoms with van der Waals surface area (Å²) in [6.07, 6.45) is 0.191. The minimum absolute atomic E-state index is 0.0855. The van der Waals surface area contributed by atoms with E-state index in [9.17, 15) is 4.79 Å². The van der Waals surface area contributed by atoms with Gasteiger partial charge in [0.2, 0.25) is 5.91 Å². The summed E-state index contributed by atoms with van der Waals surface area (Å²) in [7, 11) is 1.63. The lowest BCUT2D eigenvalue weighted by atomic mass is 10.1. The van der Waals surface area contributed by atoms with Crippen LogP contribution in [0.2, 0.25) is 0 Å². The van der Waals surface area contributed by atoms with Crippen LogP contribution in [0.3, 0.4) is 0 Å². The molecule has 0 saturated carbocycles. The lowest BCUT2D eigenvalue weighted by Gasteiger charge is -2.14. The zero-order chi connectivity index (χ0) is 18.0. The van der Waals surface area contributed by atoms with Gasteiger partial charge in [0.1, 0.15) is 11.4 Å². The van der Waals surface area contributed by atoms with Crippen LogP contribution < -0.4 is 10.1 Å². The summed E-state index contributed by atoms with van der Waals surface area (Å²) >= 11 is 0. The molecule has 1 heterocycles. The van der Waals surface area contributed by atoms with E-state index in [-0.39, 0.29) is 18.4 Å². The first-order valence-corrected chi connectivity index (χ1v) is 8.26. The number of carbonyl (C=O) groups is 1. The van der Waals surface area contributed by atoms with Crippen molar-refractivity contribution in [3.63, 3.8) is 0 Å². The minimum Gasteiger partial charge on any atom is -0.497 e. The van der Waals surface area contributed by atoms with Crippen molar-refractivity contribution in [2.75, 3.05) is 7.11 Å². The van der Waals surface area contributed by atoms with Gasteiger partial charge in [0.25, 0.3) is 0 Å². The van der Waals surface area contributed by atoms with Crippen LogP contribution in [-0.4, -0.2) is 18.2 Å². The van der Waals surface area contributed by atoms with Crippen molar-refractivity contribution in [2.45, 2.75) is 33.2 Å². The first kappa shape index (κ1) is 17.0. The fourth-order valence-corrected chi connectivity index (χ4v) is 2.99. The second-order valence-corrected chi connectivity index (χ2v) is 6.33. The highest BCUT2D eigenvalue weighted by Crippen LogP contribution is 2.24. The second-order valence-electron chi connectivity index (χ2n) is 6.33. The molecule has 3 rings (SSSR count). The van der Waals surface area contributed by atoms with Crippen molar-refractivity contribution < 1.29 is 14.1 Å². The lowest BCUT2D eigenvalue weighted by Crippen LogP contribution is -2.28. The zero-order valence-corrected chi connectivity index (χ0v) is 14.9. The number of aryl methyl sites for hydroxylation is 2. The fourth-order valence-electron chi connectivity index (χ4n) is 2.99. The van der Waals surface area contributed by atoms with Crippen LogP contribution in [0.15, 0.2) is 40.9 Å². The van der Waals surface area contributed by atoms with Crippen LogP contribution in [0.1, 0.15) is 35.3 Å². The summed E-state index contributed by atoms with van der Waals surface area (Å²) in [5.74, 6) is 0.708. The van der Waals surface area contributed by atoms with Crippen LogP contribution in [-0.2, 0) is 11.2 Å². The molecule has 130 valence electrons. The third-order valence-electron chi connectivity index (χ3n) is 4.30. The van der Waals surface area contributed by atoms with E-state index in [4.69, 9.17) is 9.26 Å². The smallest absolute Gasteiger partial charge is 0.226 e. The van der Waals surface area contributed by atoms with E-state index >= 15 is 0 Å². The quantitative estimate of drug-likeness (QED) is 0.767. The minimum atomic E-state index is -0.0972. The number of carbonyl (C=O) groups excluding carboxylic acids is 1. The van der Waals surface area contributed by atoms with Crippen molar-refractivity contribution in [1.29, 1.82) is 0 Å². The molecule has 1 N–H and O–H groups in total. The molecule has 2 aromatic carbocycles. The van der Waals surface area contributed by atoms with Crippen molar-refractivity contribution in [3.05, 3.63) is 58.8 Å². The maximum absolute atomic E-state index is 12.4. The van der Waals surface area contributed by atoms with E-state index in [0.29, 0.717) is 5.69 Å². The molecule has 0 aliphatic carbocycles. The maximum atomic E-state index is 12.4. The van der Waals surface area contributed by atoms with Gasteiger partial charge in [0.15, 0.2) is 5.58 Å². The number of rotatable bonds is 5. The Kier molecular flexibility index (Phi) is 4.74. The van der Waals surface area contributed by atoms with E-state index in [1.165, 1.54) is 0 Å². The number of aromatic nitrogens is 1. The molecule has 1 atom stereocenters. The molecule has 1 amide bonds. The lowest BCUT2D eigenvalue weighted by molar-refractivity contribution is -0.121. The largest absolute Gasteiger partial charge is 0.497 e. The number of methoxy groups -OCH3 is 1. The van der Waals surface area contributed by atoms with Gasteiger partial charge in [0, 0.05) is 5.39 Å². The Bertz CT molecular complexity index is 897. The Hall–Kier alpha value is -2.82. The highest BCUT2D eigenvalue weighted by atomic mass is 16.5. The molecule has 3 aromatic rings. The highest BCUT2D eigenvalue weighted by molar-refractivity contribution is 5.88. The van der Waals surface area contributed by atoms with E-state index in [2.05, 4.69) is 10.5 Å². The van der Waals surface area contributed by atoms with Crippen LogP contribution in [0.5, 0.6) is 5.75 Å². The highest BCUT2D eigenvalue weighted by Gasteiger charge is 2.16. The summed E-state index contributed by atoms with van der Waals surface area (Å²) in [5.41, 5.74) is 4.59. The number of hydrogen-bond acceptors (Lipinski definition) is 4. The molecule has 0 aliphatic rings. The Morgan fingerprint density at radius 3 is 2.64 bits per heavy atom. The monoisotopic (exact) mass is 338 g/mol. The van der Waals surface area contributed by atoms with E-state index < -0.39 is 0 Å². The average molecular weight is 338 g/mol. The number of amides is 1. The van der Waals surface area contributed by atoms with Crippen LogP contribution in [0.25, 0.3) is 11.0 Å². The van der Waals surface area contributed by atoms with Gasteiger partial charge < -0.3 is 14.6 Å². The van der Waals surface area contributed by atoms with Crippen LogP contribution in [0, 0.1) is 13.8 Å². The summed E-state index contributed by atoms with van der Waals surface area (Å²) in [5, 5.41) is 8.00. The molecule has 0 aliphatic heterocycles. The Labute approximate surface area is 147 Å². The summed E-state index contributed by atoms with van der Waals surface area (Å²) in [6.45, 7) is 5.96. The summed E-state index contributed by atoms with van der Waals surface area (Å²) < 4.78 is 10.6. The summed E-state index contributed by atoms with van der Waals surface area (Å²) in [6, 6.07) is 11.6. The number of benzene rings is 2. The fraction of sp³-hybridized carbons (Fsp3) is 0.300. The van der Waals surface area contributed by atoms with Gasteiger partial charge in [-0.3, -0.25) is 4.79 Å². The molecule has 5 nitrogen and oxygen atoms in total. The van der Waals surface area contributed by atoms with Crippen molar-refractivity contribution in [2.24, 2.45) is 0 Å². The molecule has 1 aromatic heterocycles. The number of nitrogens with zero attached hydrogens (tertiary/aromatic N) is 1. The first-order valence-electron chi connectivity index (χ1n) is 8.26. The molecular formula is C20H22N2O3. The third-order valence-corrected chi connectivity index (χ3v) is 4.30. The molecule has 0 bridgehead atoms. The molecule has 0 spiro atoms. The van der Waals surface area contributed by atoms with Gasteiger partial charge in [-0.05, 0) is 55.7 Å². The van der Waals surface area contributed by atoms with Gasteiger partial charge in [-0.1, -0.05) is 23.4 Å². The van der Waals surface area contributed by atoms with Crippen LogP contribution in [0.4, 0.5) is 0 Å². The molecule has 25 heavy (non-hydrogen) atoms. The number of ether oxygens (including phenoxy) is 1. The zero-order valence-electron chi connectivity index (χ0n) is 14.9. The number of hydrogen-bond donors (Lipinski definition) is 1. The molecule has 0 saturated heterocycles. The van der Waals surface area contributed by atoms with E-state index in [1.807, 2.05) is 57.2 Å². The molecule has 5 heteroatoms. The van der Waals surface area contributed by atoms with Gasteiger partial charge in [0.05, 0.1) is 19.6 Å². The van der Waals surface area contributed by atoms with Gasteiger partial charge >= 0.3 is 0 Å². The molecule has 0 fully saturated rings.